The molecule has 1 fully saturated rings. The third kappa shape index (κ3) is 5.08. The van der Waals surface area contributed by atoms with Crippen molar-refractivity contribution in [3.05, 3.63) is 54.4 Å². The van der Waals surface area contributed by atoms with Gasteiger partial charge in [-0.3, -0.25) is 9.69 Å². The number of carbonyl (C=O) groups excluding carboxylic acids is 1. The van der Waals surface area contributed by atoms with Crippen LogP contribution in [0.25, 0.3) is 10.9 Å². The molecule has 0 unspecified atom stereocenters. The quantitative estimate of drug-likeness (QED) is 0.430. The van der Waals surface area contributed by atoms with Crippen LogP contribution in [0.4, 0.5) is 11.5 Å². The molecule has 2 aromatic carbocycles. The Bertz CT molecular complexity index is 1100. The first-order chi connectivity index (χ1) is 15.3. The van der Waals surface area contributed by atoms with E-state index in [0.717, 1.165) is 22.3 Å². The van der Waals surface area contributed by atoms with E-state index < -0.39 is 5.60 Å². The van der Waals surface area contributed by atoms with Gasteiger partial charge in [0.25, 0.3) is 0 Å². The number of esters is 1. The number of nitrogen functional groups attached to an aromatic ring is 1. The smallest absolute Gasteiger partial charge is 0.320 e. The second kappa shape index (κ2) is 9.00. The van der Waals surface area contributed by atoms with Crippen LogP contribution in [-0.2, 0) is 9.53 Å². The zero-order valence-corrected chi connectivity index (χ0v) is 18.7. The van der Waals surface area contributed by atoms with Gasteiger partial charge in [0.05, 0.1) is 17.7 Å². The molecule has 0 radical (unpaired) electrons. The van der Waals surface area contributed by atoms with Crippen molar-refractivity contribution in [1.29, 1.82) is 0 Å². The fraction of sp³-hybridized carbons (Fsp3) is 0.375. The van der Waals surface area contributed by atoms with Crippen LogP contribution in [0, 0.1) is 0 Å². The van der Waals surface area contributed by atoms with Gasteiger partial charge in [-0.25, -0.2) is 9.97 Å². The molecule has 1 aromatic heterocycles. The van der Waals surface area contributed by atoms with Crippen molar-refractivity contribution in [1.82, 2.24) is 14.9 Å². The highest BCUT2D eigenvalue weighted by atomic mass is 16.6. The molecular weight excluding hydrogens is 406 g/mol. The summed E-state index contributed by atoms with van der Waals surface area (Å²) in [6.07, 6.45) is 1.53. The lowest BCUT2D eigenvalue weighted by Crippen LogP contribution is -2.51. The van der Waals surface area contributed by atoms with Crippen LogP contribution >= 0.6 is 0 Å². The number of carbonyl (C=O) groups is 1. The van der Waals surface area contributed by atoms with Crippen LogP contribution in [0.15, 0.2) is 48.8 Å². The van der Waals surface area contributed by atoms with Gasteiger partial charge in [-0.15, -0.1) is 0 Å². The van der Waals surface area contributed by atoms with E-state index in [-0.39, 0.29) is 18.6 Å². The Morgan fingerprint density at radius 3 is 2.78 bits per heavy atom. The standard InChI is InChI=1S/C24H29N5O3/c1-16(17-7-5-4-6-8-17)28-23-18-11-19(25)21(12-20(18)26-15-27-23)31-10-9-29-13-22(30)32-24(2,3)14-29/h4-8,11-12,15-16H,9-10,13-14,25H2,1-3H3,(H,26,27,28)/t16-/m1/s1. The van der Waals surface area contributed by atoms with E-state index in [4.69, 9.17) is 15.2 Å². The van der Waals surface area contributed by atoms with Gasteiger partial charge >= 0.3 is 5.97 Å². The number of nitrogens with one attached hydrogen (secondary N) is 1. The van der Waals surface area contributed by atoms with Gasteiger partial charge in [0.2, 0.25) is 0 Å². The normalized spacial score (nSPS) is 17.0. The average molecular weight is 436 g/mol. The van der Waals surface area contributed by atoms with Crippen molar-refractivity contribution in [3.8, 4) is 5.75 Å². The number of fused-ring (bicyclic) bond motifs is 1. The number of cyclic esters (lactones) is 1. The molecule has 0 amide bonds. The molecule has 4 rings (SSSR count). The minimum atomic E-state index is -0.492. The van der Waals surface area contributed by atoms with Gasteiger partial charge in [0.1, 0.15) is 30.1 Å². The minimum Gasteiger partial charge on any atom is -0.490 e. The number of nitrogens with two attached hydrogens (primary N) is 1. The van der Waals surface area contributed by atoms with Crippen LogP contribution in [0.2, 0.25) is 0 Å². The summed E-state index contributed by atoms with van der Waals surface area (Å²) in [5.41, 5.74) is 8.22. The first-order valence-corrected chi connectivity index (χ1v) is 10.7. The molecule has 8 nitrogen and oxygen atoms in total. The van der Waals surface area contributed by atoms with Crippen LogP contribution in [0.3, 0.4) is 0 Å². The van der Waals surface area contributed by atoms with Crippen LogP contribution < -0.4 is 15.8 Å². The third-order valence-electron chi connectivity index (χ3n) is 5.43. The number of morpholine rings is 1. The average Bonchev–Trinajstić information content (AvgIpc) is 2.74. The molecule has 1 aliphatic rings. The minimum absolute atomic E-state index is 0.0759. The van der Waals surface area contributed by atoms with E-state index in [1.54, 1.807) is 0 Å². The van der Waals surface area contributed by atoms with Gasteiger partial charge in [-0.2, -0.15) is 0 Å². The van der Waals surface area contributed by atoms with Gasteiger partial charge in [0.15, 0.2) is 0 Å². The van der Waals surface area contributed by atoms with Gasteiger partial charge in [-0.05, 0) is 32.4 Å². The van der Waals surface area contributed by atoms with E-state index in [2.05, 4.69) is 34.3 Å². The maximum Gasteiger partial charge on any atom is 0.320 e. The second-order valence-corrected chi connectivity index (χ2v) is 8.70. The highest BCUT2D eigenvalue weighted by Crippen LogP contribution is 2.31. The molecule has 0 aliphatic carbocycles. The summed E-state index contributed by atoms with van der Waals surface area (Å²) in [6, 6.07) is 13.9. The number of nitrogens with zero attached hydrogens (tertiary/aromatic N) is 3. The lowest BCUT2D eigenvalue weighted by molar-refractivity contribution is -0.169. The van der Waals surface area contributed by atoms with E-state index in [0.29, 0.717) is 31.1 Å². The van der Waals surface area contributed by atoms with Gasteiger partial charge in [0, 0.05) is 30.6 Å². The molecule has 32 heavy (non-hydrogen) atoms. The number of anilines is 2. The predicted octanol–water partition coefficient (Wildman–Crippen LogP) is 3.40. The van der Waals surface area contributed by atoms with Crippen LogP contribution in [0.5, 0.6) is 5.75 Å². The zero-order valence-electron chi connectivity index (χ0n) is 18.7. The molecule has 0 spiro atoms. The Morgan fingerprint density at radius 2 is 2.03 bits per heavy atom. The fourth-order valence-electron chi connectivity index (χ4n) is 3.96. The Balaban J connectivity index is 1.45. The number of benzene rings is 2. The highest BCUT2D eigenvalue weighted by Gasteiger charge is 2.32. The van der Waals surface area contributed by atoms with E-state index in [1.165, 1.54) is 6.33 Å². The van der Waals surface area contributed by atoms with Crippen LogP contribution in [-0.4, -0.2) is 52.7 Å². The molecule has 3 aromatic rings. The number of aromatic nitrogens is 2. The van der Waals surface area contributed by atoms with E-state index in [1.807, 2.05) is 49.1 Å². The summed E-state index contributed by atoms with van der Waals surface area (Å²) in [5, 5.41) is 4.28. The zero-order chi connectivity index (χ0) is 22.7. The summed E-state index contributed by atoms with van der Waals surface area (Å²) < 4.78 is 11.3. The lowest BCUT2D eigenvalue weighted by Gasteiger charge is -2.37. The van der Waals surface area contributed by atoms with Crippen molar-refractivity contribution < 1.29 is 14.3 Å². The van der Waals surface area contributed by atoms with E-state index >= 15 is 0 Å². The monoisotopic (exact) mass is 435 g/mol. The summed E-state index contributed by atoms with van der Waals surface area (Å²) in [4.78, 5) is 22.6. The van der Waals surface area contributed by atoms with E-state index in [9.17, 15) is 4.79 Å². The largest absolute Gasteiger partial charge is 0.490 e. The number of hydrogen-bond acceptors (Lipinski definition) is 8. The molecule has 0 bridgehead atoms. The van der Waals surface area contributed by atoms with Crippen LogP contribution in [0.1, 0.15) is 32.4 Å². The Kier molecular flexibility index (Phi) is 6.14. The van der Waals surface area contributed by atoms with Crippen molar-refractivity contribution in [2.75, 3.05) is 37.3 Å². The Labute approximate surface area is 187 Å². The molecule has 1 saturated heterocycles. The summed E-state index contributed by atoms with van der Waals surface area (Å²) in [5.74, 6) is 1.07. The number of rotatable bonds is 7. The second-order valence-electron chi connectivity index (χ2n) is 8.70. The molecule has 8 heteroatoms. The molecule has 168 valence electrons. The fourth-order valence-corrected chi connectivity index (χ4v) is 3.96. The molecule has 1 aliphatic heterocycles. The van der Waals surface area contributed by atoms with Gasteiger partial charge in [-0.1, -0.05) is 30.3 Å². The summed E-state index contributed by atoms with van der Waals surface area (Å²) in [7, 11) is 0. The number of ether oxygens (including phenoxy) is 2. The third-order valence-corrected chi connectivity index (χ3v) is 5.43. The topological polar surface area (TPSA) is 103 Å². The first kappa shape index (κ1) is 21.8. The molecule has 1 atom stereocenters. The number of hydrogen-bond donors (Lipinski definition) is 2. The predicted molar refractivity (Wildman–Crippen MR) is 125 cm³/mol. The highest BCUT2D eigenvalue weighted by molar-refractivity contribution is 5.93. The maximum atomic E-state index is 11.8. The Hall–Kier alpha value is -3.39. The molecule has 2 heterocycles. The molecule has 3 N–H and O–H groups in total. The molecule has 0 saturated carbocycles. The van der Waals surface area contributed by atoms with Crippen molar-refractivity contribution >= 4 is 28.4 Å². The lowest BCUT2D eigenvalue weighted by atomic mass is 10.1. The van der Waals surface area contributed by atoms with Crippen molar-refractivity contribution in [2.45, 2.75) is 32.4 Å². The SMILES string of the molecule is C[C@@H](Nc1ncnc2cc(OCCN3CC(=O)OC(C)(C)C3)c(N)cc12)c1ccccc1. The first-order valence-electron chi connectivity index (χ1n) is 10.7. The van der Waals surface area contributed by atoms with Gasteiger partial charge < -0.3 is 20.5 Å². The Morgan fingerprint density at radius 1 is 1.25 bits per heavy atom. The van der Waals surface area contributed by atoms with Crippen molar-refractivity contribution in [3.63, 3.8) is 0 Å². The summed E-state index contributed by atoms with van der Waals surface area (Å²) in [6.45, 7) is 7.83. The molecular formula is C24H29N5O3. The summed E-state index contributed by atoms with van der Waals surface area (Å²) >= 11 is 0. The van der Waals surface area contributed by atoms with Crippen molar-refractivity contribution in [2.24, 2.45) is 0 Å². The maximum absolute atomic E-state index is 11.8.